The van der Waals surface area contributed by atoms with Crippen LogP contribution in [0.3, 0.4) is 0 Å². The maximum absolute atomic E-state index is 14.0. The molecule has 1 rings (SSSR count). The van der Waals surface area contributed by atoms with Crippen LogP contribution in [0.4, 0.5) is 4.39 Å². The van der Waals surface area contributed by atoms with Gasteiger partial charge in [0.25, 0.3) is 0 Å². The maximum atomic E-state index is 14.0. The second kappa shape index (κ2) is 5.52. The molecule has 0 N–H and O–H groups in total. The molecule has 0 saturated heterocycles. The summed E-state index contributed by atoms with van der Waals surface area (Å²) in [7, 11) is 4.18. The van der Waals surface area contributed by atoms with Crippen LogP contribution in [0.1, 0.15) is 12.5 Å². The van der Waals surface area contributed by atoms with Crippen molar-refractivity contribution in [3.05, 3.63) is 17.4 Å². The summed E-state index contributed by atoms with van der Waals surface area (Å²) >= 11 is 0. The van der Waals surface area contributed by atoms with Crippen molar-refractivity contribution >= 4 is 5.78 Å². The van der Waals surface area contributed by atoms with E-state index in [1.807, 2.05) is 0 Å². The van der Waals surface area contributed by atoms with E-state index in [0.717, 1.165) is 0 Å². The van der Waals surface area contributed by atoms with Crippen LogP contribution >= 0.6 is 0 Å². The summed E-state index contributed by atoms with van der Waals surface area (Å²) in [4.78, 5) is 11.1. The highest BCUT2D eigenvalue weighted by molar-refractivity contribution is 5.79. The largest absolute Gasteiger partial charge is 0.494 e. The predicted octanol–water partition coefficient (Wildman–Crippen LogP) is 1.98. The number of hydrogen-bond donors (Lipinski definition) is 0. The van der Waals surface area contributed by atoms with Crippen molar-refractivity contribution in [3.63, 3.8) is 0 Å². The summed E-state index contributed by atoms with van der Waals surface area (Å²) in [6.45, 7) is 1.38. The Morgan fingerprint density at radius 3 is 2.18 bits per heavy atom. The highest BCUT2D eigenvalue weighted by Crippen LogP contribution is 2.38. The van der Waals surface area contributed by atoms with E-state index in [-0.39, 0.29) is 29.3 Å². The molecule has 0 atom stereocenters. The molecule has 0 aliphatic carbocycles. The second-order valence-electron chi connectivity index (χ2n) is 3.49. The van der Waals surface area contributed by atoms with E-state index in [1.54, 1.807) is 0 Å². The summed E-state index contributed by atoms with van der Waals surface area (Å²) in [6.07, 6.45) is -0.0669. The van der Waals surface area contributed by atoms with Gasteiger partial charge in [-0.05, 0) is 6.92 Å². The van der Waals surface area contributed by atoms with E-state index in [1.165, 1.54) is 34.3 Å². The van der Waals surface area contributed by atoms with Crippen molar-refractivity contribution in [3.8, 4) is 17.2 Å². The molecule has 0 aromatic heterocycles. The summed E-state index contributed by atoms with van der Waals surface area (Å²) in [5.74, 6) is -0.181. The van der Waals surface area contributed by atoms with Crippen molar-refractivity contribution in [2.75, 3.05) is 21.3 Å². The molecule has 0 heterocycles. The Labute approximate surface area is 99.3 Å². The molecule has 0 unspecified atom stereocenters. The summed E-state index contributed by atoms with van der Waals surface area (Å²) < 4.78 is 29.0. The normalized spacial score (nSPS) is 9.94. The first-order valence-corrected chi connectivity index (χ1v) is 5.01. The Morgan fingerprint density at radius 1 is 1.18 bits per heavy atom. The first kappa shape index (κ1) is 13.3. The van der Waals surface area contributed by atoms with Gasteiger partial charge in [0.15, 0.2) is 23.1 Å². The number of methoxy groups -OCH3 is 3. The van der Waals surface area contributed by atoms with Crippen LogP contribution in [0.5, 0.6) is 17.2 Å². The molecular formula is C12H15FO4. The first-order valence-electron chi connectivity index (χ1n) is 5.01. The molecule has 0 saturated carbocycles. The quantitative estimate of drug-likeness (QED) is 0.792. The minimum atomic E-state index is -0.597. The summed E-state index contributed by atoms with van der Waals surface area (Å²) in [6, 6.07) is 1.39. The van der Waals surface area contributed by atoms with Gasteiger partial charge in [-0.3, -0.25) is 4.79 Å². The molecule has 0 aliphatic heterocycles. The maximum Gasteiger partial charge on any atom is 0.172 e. The van der Waals surface area contributed by atoms with Gasteiger partial charge < -0.3 is 14.2 Å². The van der Waals surface area contributed by atoms with Crippen LogP contribution in [0.2, 0.25) is 0 Å². The lowest BCUT2D eigenvalue weighted by Gasteiger charge is -2.15. The zero-order valence-electron chi connectivity index (χ0n) is 10.3. The third-order valence-electron chi connectivity index (χ3n) is 2.31. The molecule has 0 spiro atoms. The van der Waals surface area contributed by atoms with Crippen LogP contribution in [0.15, 0.2) is 6.07 Å². The molecule has 4 nitrogen and oxygen atoms in total. The topological polar surface area (TPSA) is 44.8 Å². The number of halogens is 1. The first-order chi connectivity index (χ1) is 8.04. The van der Waals surface area contributed by atoms with E-state index in [0.29, 0.717) is 5.75 Å². The van der Waals surface area contributed by atoms with Crippen molar-refractivity contribution < 1.29 is 23.4 Å². The lowest BCUT2D eigenvalue weighted by atomic mass is 10.1. The standard InChI is InChI=1S/C12H15FO4/c1-7(14)5-8-11(13)9(15-2)6-10(16-3)12(8)17-4/h6H,5H2,1-4H3. The fourth-order valence-electron chi connectivity index (χ4n) is 1.58. The molecule has 0 fully saturated rings. The van der Waals surface area contributed by atoms with E-state index < -0.39 is 5.82 Å². The van der Waals surface area contributed by atoms with Gasteiger partial charge in [0.2, 0.25) is 0 Å². The molecular weight excluding hydrogens is 227 g/mol. The average molecular weight is 242 g/mol. The van der Waals surface area contributed by atoms with Crippen LogP contribution in [-0.2, 0) is 11.2 Å². The number of rotatable bonds is 5. The third-order valence-corrected chi connectivity index (χ3v) is 2.31. The SMILES string of the molecule is COc1cc(OC)c(OC)c(CC(C)=O)c1F. The fraction of sp³-hybridized carbons (Fsp3) is 0.417. The number of ketones is 1. The van der Waals surface area contributed by atoms with Crippen LogP contribution < -0.4 is 14.2 Å². The van der Waals surface area contributed by atoms with E-state index in [2.05, 4.69) is 0 Å². The minimum Gasteiger partial charge on any atom is -0.494 e. The second-order valence-corrected chi connectivity index (χ2v) is 3.49. The lowest BCUT2D eigenvalue weighted by molar-refractivity contribution is -0.116. The van der Waals surface area contributed by atoms with Crippen LogP contribution in [0.25, 0.3) is 0 Å². The lowest BCUT2D eigenvalue weighted by Crippen LogP contribution is -2.06. The zero-order valence-corrected chi connectivity index (χ0v) is 10.3. The highest BCUT2D eigenvalue weighted by Gasteiger charge is 2.21. The van der Waals surface area contributed by atoms with Crippen molar-refractivity contribution in [1.82, 2.24) is 0 Å². The van der Waals surface area contributed by atoms with E-state index in [9.17, 15) is 9.18 Å². The van der Waals surface area contributed by atoms with Gasteiger partial charge in [-0.15, -0.1) is 0 Å². The van der Waals surface area contributed by atoms with Gasteiger partial charge in [0.1, 0.15) is 5.78 Å². The molecule has 1 aromatic carbocycles. The van der Waals surface area contributed by atoms with Gasteiger partial charge in [-0.25, -0.2) is 4.39 Å². The molecule has 0 radical (unpaired) electrons. The number of benzene rings is 1. The number of hydrogen-bond acceptors (Lipinski definition) is 4. The molecule has 0 aliphatic rings. The Kier molecular flexibility index (Phi) is 4.31. The Balaban J connectivity index is 3.43. The van der Waals surface area contributed by atoms with Gasteiger partial charge >= 0.3 is 0 Å². The number of carbonyl (C=O) groups is 1. The van der Waals surface area contributed by atoms with Gasteiger partial charge in [-0.1, -0.05) is 0 Å². The fourth-order valence-corrected chi connectivity index (χ4v) is 1.58. The average Bonchev–Trinajstić information content (AvgIpc) is 2.30. The van der Waals surface area contributed by atoms with Crippen molar-refractivity contribution in [2.24, 2.45) is 0 Å². The smallest absolute Gasteiger partial charge is 0.172 e. The molecule has 1 aromatic rings. The molecule has 94 valence electrons. The molecule has 0 amide bonds. The minimum absolute atomic E-state index is 0.0268. The van der Waals surface area contributed by atoms with Crippen molar-refractivity contribution in [1.29, 1.82) is 0 Å². The Hall–Kier alpha value is -1.78. The molecule has 17 heavy (non-hydrogen) atoms. The van der Waals surface area contributed by atoms with E-state index >= 15 is 0 Å². The van der Waals surface area contributed by atoms with Crippen LogP contribution in [0, 0.1) is 5.82 Å². The monoisotopic (exact) mass is 242 g/mol. The van der Waals surface area contributed by atoms with Gasteiger partial charge in [-0.2, -0.15) is 0 Å². The summed E-state index contributed by atoms with van der Waals surface area (Å²) in [5.41, 5.74) is 0.149. The van der Waals surface area contributed by atoms with Gasteiger partial charge in [0, 0.05) is 18.1 Å². The van der Waals surface area contributed by atoms with Crippen LogP contribution in [-0.4, -0.2) is 27.1 Å². The molecule has 0 bridgehead atoms. The summed E-state index contributed by atoms with van der Waals surface area (Å²) in [5, 5.41) is 0. The van der Waals surface area contributed by atoms with Crippen molar-refractivity contribution in [2.45, 2.75) is 13.3 Å². The Morgan fingerprint density at radius 2 is 1.76 bits per heavy atom. The molecule has 5 heteroatoms. The van der Waals surface area contributed by atoms with Gasteiger partial charge in [0.05, 0.1) is 21.3 Å². The third kappa shape index (κ3) is 2.67. The highest BCUT2D eigenvalue weighted by atomic mass is 19.1. The Bertz CT molecular complexity index is 429. The predicted molar refractivity (Wildman–Crippen MR) is 60.4 cm³/mol. The van der Waals surface area contributed by atoms with E-state index in [4.69, 9.17) is 14.2 Å². The number of Topliss-reactive ketones (excluding diaryl/α,β-unsaturated/α-hetero) is 1. The zero-order chi connectivity index (χ0) is 13.0. The number of ether oxygens (including phenoxy) is 3. The number of carbonyl (C=O) groups excluding carboxylic acids is 1.